The second kappa shape index (κ2) is 10.4. The van der Waals surface area contributed by atoms with Crippen LogP contribution < -0.4 is 11.1 Å². The first-order valence-electron chi connectivity index (χ1n) is 11.7. The van der Waals surface area contributed by atoms with E-state index in [1.807, 2.05) is 18.7 Å². The molecular formula is C23H38N6O2. The van der Waals surface area contributed by atoms with Gasteiger partial charge >= 0.3 is 0 Å². The summed E-state index contributed by atoms with van der Waals surface area (Å²) < 4.78 is 0. The summed E-state index contributed by atoms with van der Waals surface area (Å²) >= 11 is 0. The Morgan fingerprint density at radius 2 is 1.71 bits per heavy atom. The number of nitrogens with two attached hydrogens (primary N) is 1. The highest BCUT2D eigenvalue weighted by molar-refractivity contribution is 5.92. The van der Waals surface area contributed by atoms with Crippen LogP contribution in [0.1, 0.15) is 69.6 Å². The van der Waals surface area contributed by atoms with Crippen LogP contribution in [-0.4, -0.2) is 69.8 Å². The molecule has 2 amide bonds. The van der Waals surface area contributed by atoms with E-state index in [-0.39, 0.29) is 29.7 Å². The first kappa shape index (κ1) is 23.4. The maximum atomic E-state index is 13.0. The minimum Gasteiger partial charge on any atom is -0.368 e. The topological polar surface area (TPSA) is 104 Å². The predicted octanol–water partition coefficient (Wildman–Crippen LogP) is 2.10. The van der Waals surface area contributed by atoms with Gasteiger partial charge in [-0.2, -0.15) is 0 Å². The molecule has 0 atom stereocenters. The summed E-state index contributed by atoms with van der Waals surface area (Å²) in [5.74, 6) is 0.871. The van der Waals surface area contributed by atoms with E-state index in [1.54, 1.807) is 6.07 Å². The third-order valence-electron chi connectivity index (χ3n) is 6.23. The Morgan fingerprint density at radius 3 is 2.29 bits per heavy atom. The van der Waals surface area contributed by atoms with Crippen LogP contribution in [0.2, 0.25) is 0 Å². The Labute approximate surface area is 186 Å². The number of hydrogen-bond donors (Lipinski definition) is 2. The molecule has 3 rings (SSSR count). The molecule has 172 valence electrons. The molecule has 0 spiro atoms. The summed E-state index contributed by atoms with van der Waals surface area (Å²) in [6.07, 6.45) is 4.51. The van der Waals surface area contributed by atoms with Crippen molar-refractivity contribution in [1.29, 1.82) is 0 Å². The molecule has 3 N–H and O–H groups in total. The highest BCUT2D eigenvalue weighted by atomic mass is 16.2. The minimum atomic E-state index is -0.0541. The highest BCUT2D eigenvalue weighted by Gasteiger charge is 2.32. The highest BCUT2D eigenvalue weighted by Crippen LogP contribution is 2.25. The van der Waals surface area contributed by atoms with Crippen molar-refractivity contribution in [2.75, 3.05) is 31.9 Å². The third kappa shape index (κ3) is 6.38. The number of amides is 2. The summed E-state index contributed by atoms with van der Waals surface area (Å²) in [6.45, 7) is 11.6. The van der Waals surface area contributed by atoms with Crippen molar-refractivity contribution in [3.05, 3.63) is 17.5 Å². The van der Waals surface area contributed by atoms with Crippen LogP contribution in [0.25, 0.3) is 0 Å². The van der Waals surface area contributed by atoms with Crippen molar-refractivity contribution >= 4 is 17.8 Å². The number of nitrogens with one attached hydrogen (secondary N) is 1. The van der Waals surface area contributed by atoms with Crippen molar-refractivity contribution in [1.82, 2.24) is 25.1 Å². The van der Waals surface area contributed by atoms with E-state index in [4.69, 9.17) is 5.73 Å². The normalized spacial score (nSPS) is 19.2. The minimum absolute atomic E-state index is 0.0541. The van der Waals surface area contributed by atoms with Gasteiger partial charge in [-0.1, -0.05) is 13.8 Å². The average Bonchev–Trinajstić information content (AvgIpc) is 2.72. The second-order valence-electron chi connectivity index (χ2n) is 9.70. The van der Waals surface area contributed by atoms with E-state index in [9.17, 15) is 9.59 Å². The Hall–Kier alpha value is -2.22. The lowest BCUT2D eigenvalue weighted by Gasteiger charge is -2.41. The summed E-state index contributed by atoms with van der Waals surface area (Å²) in [7, 11) is 0. The number of likely N-dealkylation sites (tertiary alicyclic amines) is 2. The molecule has 8 nitrogen and oxygen atoms in total. The summed E-state index contributed by atoms with van der Waals surface area (Å²) in [4.78, 5) is 38.1. The van der Waals surface area contributed by atoms with Gasteiger partial charge in [-0.05, 0) is 71.0 Å². The van der Waals surface area contributed by atoms with E-state index in [0.29, 0.717) is 17.7 Å². The maximum Gasteiger partial charge on any atom is 0.272 e. The predicted molar refractivity (Wildman–Crippen MR) is 121 cm³/mol. The lowest BCUT2D eigenvalue weighted by Crippen LogP contribution is -2.50. The molecule has 0 aromatic carbocycles. The van der Waals surface area contributed by atoms with E-state index in [2.05, 4.69) is 34.0 Å². The van der Waals surface area contributed by atoms with Gasteiger partial charge in [0.15, 0.2) is 0 Å². The molecule has 0 saturated carbocycles. The first-order valence-corrected chi connectivity index (χ1v) is 11.7. The number of carbonyl (C=O) groups is 2. The molecule has 2 aliphatic rings. The quantitative estimate of drug-likeness (QED) is 0.716. The molecule has 8 heteroatoms. The summed E-state index contributed by atoms with van der Waals surface area (Å²) in [5.41, 5.74) is 7.08. The lowest BCUT2D eigenvalue weighted by atomic mass is 9.92. The van der Waals surface area contributed by atoms with E-state index < -0.39 is 0 Å². The number of aromatic nitrogens is 2. The number of nitrogens with zero attached hydrogens (tertiary/aromatic N) is 4. The van der Waals surface area contributed by atoms with Crippen molar-refractivity contribution in [3.8, 4) is 0 Å². The average molecular weight is 431 g/mol. The number of rotatable bonds is 6. The van der Waals surface area contributed by atoms with E-state index >= 15 is 0 Å². The number of anilines is 1. The third-order valence-corrected chi connectivity index (χ3v) is 6.23. The Bertz CT molecular complexity index is 765. The van der Waals surface area contributed by atoms with Crippen molar-refractivity contribution in [3.63, 3.8) is 0 Å². The number of piperidine rings is 2. The molecule has 0 unspecified atom stereocenters. The van der Waals surface area contributed by atoms with Crippen LogP contribution in [0.3, 0.4) is 0 Å². The van der Waals surface area contributed by atoms with Crippen LogP contribution >= 0.6 is 0 Å². The molecule has 31 heavy (non-hydrogen) atoms. The van der Waals surface area contributed by atoms with Gasteiger partial charge in [0.25, 0.3) is 5.91 Å². The fourth-order valence-corrected chi connectivity index (χ4v) is 4.68. The largest absolute Gasteiger partial charge is 0.368 e. The van der Waals surface area contributed by atoms with Crippen molar-refractivity contribution < 1.29 is 9.59 Å². The number of carbonyl (C=O) groups excluding carboxylic acids is 2. The number of nitrogen functional groups attached to an aromatic ring is 1. The molecule has 2 saturated heterocycles. The summed E-state index contributed by atoms with van der Waals surface area (Å²) in [6, 6.07) is 2.46. The van der Waals surface area contributed by atoms with Gasteiger partial charge in [0, 0.05) is 36.8 Å². The SMILES string of the molecule is CC(C)Cc1cc(C(=O)N2CCC(N3CCC(C(=O)NC(C)C)CC3)CC2)nc(N)n1. The fourth-order valence-electron chi connectivity index (χ4n) is 4.68. The molecule has 2 aliphatic heterocycles. The maximum absolute atomic E-state index is 13.0. The van der Waals surface area contributed by atoms with Crippen molar-refractivity contribution in [2.45, 2.75) is 71.9 Å². The van der Waals surface area contributed by atoms with Gasteiger partial charge in [-0.3, -0.25) is 9.59 Å². The summed E-state index contributed by atoms with van der Waals surface area (Å²) in [5, 5.41) is 3.04. The van der Waals surface area contributed by atoms with Crippen LogP contribution in [-0.2, 0) is 11.2 Å². The van der Waals surface area contributed by atoms with Crippen LogP contribution in [0.5, 0.6) is 0 Å². The van der Waals surface area contributed by atoms with Crippen LogP contribution in [0, 0.1) is 11.8 Å². The molecule has 1 aromatic rings. The van der Waals surface area contributed by atoms with Crippen molar-refractivity contribution in [2.24, 2.45) is 11.8 Å². The van der Waals surface area contributed by atoms with E-state index in [0.717, 1.165) is 64.0 Å². The zero-order chi connectivity index (χ0) is 22.5. The van der Waals surface area contributed by atoms with Crippen LogP contribution in [0.4, 0.5) is 5.95 Å². The zero-order valence-corrected chi connectivity index (χ0v) is 19.4. The van der Waals surface area contributed by atoms with Gasteiger partial charge in [0.1, 0.15) is 5.69 Å². The molecule has 1 aromatic heterocycles. The molecule has 0 aliphatic carbocycles. The first-order chi connectivity index (χ1) is 14.7. The van der Waals surface area contributed by atoms with Gasteiger partial charge in [-0.15, -0.1) is 0 Å². The molecule has 0 bridgehead atoms. The monoisotopic (exact) mass is 430 g/mol. The molecular weight excluding hydrogens is 392 g/mol. The Balaban J connectivity index is 1.50. The smallest absolute Gasteiger partial charge is 0.272 e. The molecule has 3 heterocycles. The van der Waals surface area contributed by atoms with Gasteiger partial charge in [0.2, 0.25) is 11.9 Å². The fraction of sp³-hybridized carbons (Fsp3) is 0.739. The Kier molecular flexibility index (Phi) is 7.86. The lowest BCUT2D eigenvalue weighted by molar-refractivity contribution is -0.127. The molecule has 0 radical (unpaired) electrons. The van der Waals surface area contributed by atoms with Gasteiger partial charge in [0.05, 0.1) is 0 Å². The van der Waals surface area contributed by atoms with Gasteiger partial charge in [-0.25, -0.2) is 9.97 Å². The van der Waals surface area contributed by atoms with E-state index in [1.165, 1.54) is 0 Å². The Morgan fingerprint density at radius 1 is 1.06 bits per heavy atom. The van der Waals surface area contributed by atoms with Gasteiger partial charge < -0.3 is 20.9 Å². The zero-order valence-electron chi connectivity index (χ0n) is 19.4. The standard InChI is InChI=1S/C23H38N6O2/c1-15(2)13-18-14-20(27-23(24)26-18)22(31)29-11-7-19(8-12-29)28-9-5-17(6-10-28)21(30)25-16(3)4/h14-17,19H,5-13H2,1-4H3,(H,25,30)(H2,24,26,27). The second-order valence-corrected chi connectivity index (χ2v) is 9.70. The van der Waals surface area contributed by atoms with Crippen LogP contribution in [0.15, 0.2) is 6.07 Å². The number of hydrogen-bond acceptors (Lipinski definition) is 6. The molecule has 2 fully saturated rings.